The average Bonchev–Trinajstić information content (AvgIpc) is 3.11. The summed E-state index contributed by atoms with van der Waals surface area (Å²) in [6.07, 6.45) is 3.50. The van der Waals surface area contributed by atoms with Crippen LogP contribution in [0.4, 0.5) is 4.39 Å². The Balaban J connectivity index is 1.40. The van der Waals surface area contributed by atoms with Crippen LogP contribution in [0, 0.1) is 11.7 Å². The van der Waals surface area contributed by atoms with E-state index in [4.69, 9.17) is 0 Å². The molecule has 2 unspecified atom stereocenters. The van der Waals surface area contributed by atoms with Gasteiger partial charge in [-0.05, 0) is 61.1 Å². The third-order valence-electron chi connectivity index (χ3n) is 5.62. The SMILES string of the molecule is O=C(NC1CCc2ccccc21)C1CCCN(C(=O)c2ccc(F)cc2)C1. The maximum Gasteiger partial charge on any atom is 0.253 e. The van der Waals surface area contributed by atoms with Crippen LogP contribution in [0.15, 0.2) is 48.5 Å². The first-order valence-corrected chi connectivity index (χ1v) is 9.55. The average molecular weight is 366 g/mol. The first-order valence-electron chi connectivity index (χ1n) is 9.55. The molecule has 1 heterocycles. The summed E-state index contributed by atoms with van der Waals surface area (Å²) >= 11 is 0. The molecule has 4 rings (SSSR count). The minimum absolute atomic E-state index is 0.0216. The van der Waals surface area contributed by atoms with Gasteiger partial charge in [0.25, 0.3) is 5.91 Å². The highest BCUT2D eigenvalue weighted by Crippen LogP contribution is 2.31. The predicted octanol–water partition coefficient (Wildman–Crippen LogP) is 3.48. The Kier molecular flexibility index (Phi) is 4.92. The fourth-order valence-electron chi connectivity index (χ4n) is 4.15. The summed E-state index contributed by atoms with van der Waals surface area (Å²) in [5.74, 6) is -0.678. The Morgan fingerprint density at radius 1 is 1.04 bits per heavy atom. The number of hydrogen-bond acceptors (Lipinski definition) is 2. The van der Waals surface area contributed by atoms with Crippen molar-refractivity contribution in [3.05, 3.63) is 71.0 Å². The Bertz CT molecular complexity index is 850. The molecule has 1 fully saturated rings. The van der Waals surface area contributed by atoms with Gasteiger partial charge in [0.15, 0.2) is 0 Å². The number of piperidine rings is 1. The first-order chi connectivity index (χ1) is 13.1. The molecule has 0 saturated carbocycles. The molecule has 2 atom stereocenters. The highest BCUT2D eigenvalue weighted by atomic mass is 19.1. The van der Waals surface area contributed by atoms with E-state index >= 15 is 0 Å². The summed E-state index contributed by atoms with van der Waals surface area (Å²) < 4.78 is 13.1. The predicted molar refractivity (Wildman–Crippen MR) is 101 cm³/mol. The number of likely N-dealkylation sites (tertiary alicyclic amines) is 1. The van der Waals surface area contributed by atoms with Crippen LogP contribution in [-0.4, -0.2) is 29.8 Å². The van der Waals surface area contributed by atoms with Gasteiger partial charge in [0.2, 0.25) is 5.91 Å². The molecule has 4 nitrogen and oxygen atoms in total. The lowest BCUT2D eigenvalue weighted by atomic mass is 9.95. The molecule has 1 saturated heterocycles. The van der Waals surface area contributed by atoms with Crippen molar-refractivity contribution in [2.24, 2.45) is 5.92 Å². The summed E-state index contributed by atoms with van der Waals surface area (Å²) in [5, 5.41) is 3.19. The second kappa shape index (κ2) is 7.51. The zero-order chi connectivity index (χ0) is 18.8. The fraction of sp³-hybridized carbons (Fsp3) is 0.364. The Morgan fingerprint density at radius 3 is 2.63 bits per heavy atom. The molecule has 5 heteroatoms. The molecule has 2 amide bonds. The highest BCUT2D eigenvalue weighted by Gasteiger charge is 2.31. The fourth-order valence-corrected chi connectivity index (χ4v) is 4.15. The van der Waals surface area contributed by atoms with E-state index in [1.807, 2.05) is 12.1 Å². The van der Waals surface area contributed by atoms with Crippen LogP contribution >= 0.6 is 0 Å². The molecule has 0 radical (unpaired) electrons. The maximum atomic E-state index is 13.1. The number of benzene rings is 2. The lowest BCUT2D eigenvalue weighted by molar-refractivity contribution is -0.127. The van der Waals surface area contributed by atoms with Crippen LogP contribution in [0.3, 0.4) is 0 Å². The van der Waals surface area contributed by atoms with Crippen molar-refractivity contribution in [1.29, 1.82) is 0 Å². The van der Waals surface area contributed by atoms with Crippen LogP contribution in [0.25, 0.3) is 0 Å². The van der Waals surface area contributed by atoms with Crippen LogP contribution in [0.1, 0.15) is 46.8 Å². The van der Waals surface area contributed by atoms with Crippen molar-refractivity contribution in [3.63, 3.8) is 0 Å². The van der Waals surface area contributed by atoms with Crippen molar-refractivity contribution >= 4 is 11.8 Å². The number of fused-ring (bicyclic) bond motifs is 1. The lowest BCUT2D eigenvalue weighted by Gasteiger charge is -2.32. The van der Waals surface area contributed by atoms with E-state index in [2.05, 4.69) is 17.4 Å². The largest absolute Gasteiger partial charge is 0.349 e. The molecule has 1 aliphatic carbocycles. The van der Waals surface area contributed by atoms with Crippen LogP contribution in [0.5, 0.6) is 0 Å². The van der Waals surface area contributed by atoms with Gasteiger partial charge in [-0.15, -0.1) is 0 Å². The molecule has 2 aromatic carbocycles. The van der Waals surface area contributed by atoms with E-state index in [1.54, 1.807) is 4.90 Å². The summed E-state index contributed by atoms with van der Waals surface area (Å²) in [5.41, 5.74) is 2.97. The van der Waals surface area contributed by atoms with Crippen molar-refractivity contribution in [2.45, 2.75) is 31.7 Å². The smallest absolute Gasteiger partial charge is 0.253 e. The third kappa shape index (κ3) is 3.72. The highest BCUT2D eigenvalue weighted by molar-refractivity contribution is 5.94. The van der Waals surface area contributed by atoms with Crippen molar-refractivity contribution < 1.29 is 14.0 Å². The quantitative estimate of drug-likeness (QED) is 0.904. The van der Waals surface area contributed by atoms with Crippen molar-refractivity contribution in [1.82, 2.24) is 10.2 Å². The van der Waals surface area contributed by atoms with Gasteiger partial charge in [0.05, 0.1) is 12.0 Å². The maximum absolute atomic E-state index is 13.1. The molecule has 1 aliphatic heterocycles. The lowest BCUT2D eigenvalue weighted by Crippen LogP contribution is -2.46. The molecule has 140 valence electrons. The van der Waals surface area contributed by atoms with E-state index in [0.29, 0.717) is 18.7 Å². The number of hydrogen-bond donors (Lipinski definition) is 1. The molecular formula is C22H23FN2O2. The minimum atomic E-state index is -0.362. The molecule has 2 aromatic rings. The Morgan fingerprint density at radius 2 is 1.81 bits per heavy atom. The van der Waals surface area contributed by atoms with Gasteiger partial charge in [0, 0.05) is 18.7 Å². The van der Waals surface area contributed by atoms with Gasteiger partial charge in [0.1, 0.15) is 5.82 Å². The number of rotatable bonds is 3. The number of nitrogens with one attached hydrogen (secondary N) is 1. The zero-order valence-corrected chi connectivity index (χ0v) is 15.2. The van der Waals surface area contributed by atoms with Crippen LogP contribution in [-0.2, 0) is 11.2 Å². The Labute approximate surface area is 158 Å². The third-order valence-corrected chi connectivity index (χ3v) is 5.62. The van der Waals surface area contributed by atoms with Crippen molar-refractivity contribution in [3.8, 4) is 0 Å². The van der Waals surface area contributed by atoms with Crippen molar-refractivity contribution in [2.75, 3.05) is 13.1 Å². The zero-order valence-electron chi connectivity index (χ0n) is 15.2. The van der Waals surface area contributed by atoms with E-state index < -0.39 is 0 Å². The standard InChI is InChI=1S/C22H23FN2O2/c23-18-10-7-16(8-11-18)22(27)25-13-3-5-17(14-25)21(26)24-20-12-9-15-4-1-2-6-19(15)20/h1-2,4,6-8,10-11,17,20H,3,5,9,12-14H2,(H,24,26). The van der Waals surface area contributed by atoms with E-state index in [0.717, 1.165) is 25.7 Å². The number of carbonyl (C=O) groups excluding carboxylic acids is 2. The summed E-state index contributed by atoms with van der Waals surface area (Å²) in [6, 6.07) is 13.9. The second-order valence-corrected chi connectivity index (χ2v) is 7.40. The second-order valence-electron chi connectivity index (χ2n) is 7.40. The summed E-state index contributed by atoms with van der Waals surface area (Å²) in [7, 11) is 0. The van der Waals surface area contributed by atoms with Gasteiger partial charge in [-0.3, -0.25) is 9.59 Å². The summed E-state index contributed by atoms with van der Waals surface area (Å²) in [4.78, 5) is 27.2. The first kappa shape index (κ1) is 17.7. The van der Waals surface area contributed by atoms with Crippen LogP contribution < -0.4 is 5.32 Å². The molecule has 1 N–H and O–H groups in total. The molecular weight excluding hydrogens is 343 g/mol. The van der Waals surface area contributed by atoms with Gasteiger partial charge in [-0.2, -0.15) is 0 Å². The molecule has 0 aromatic heterocycles. The van der Waals surface area contributed by atoms with Gasteiger partial charge < -0.3 is 10.2 Å². The topological polar surface area (TPSA) is 49.4 Å². The number of halogens is 1. The number of nitrogens with zero attached hydrogens (tertiary/aromatic N) is 1. The summed E-state index contributed by atoms with van der Waals surface area (Å²) in [6.45, 7) is 1.04. The van der Waals surface area contributed by atoms with E-state index in [-0.39, 0.29) is 29.6 Å². The van der Waals surface area contributed by atoms with Gasteiger partial charge >= 0.3 is 0 Å². The molecule has 0 spiro atoms. The molecule has 2 aliphatic rings. The number of amides is 2. The van der Waals surface area contributed by atoms with E-state index in [9.17, 15) is 14.0 Å². The normalized spacial score (nSPS) is 21.6. The number of aryl methyl sites for hydroxylation is 1. The molecule has 0 bridgehead atoms. The minimum Gasteiger partial charge on any atom is -0.349 e. The molecule has 27 heavy (non-hydrogen) atoms. The Hall–Kier alpha value is -2.69. The van der Waals surface area contributed by atoms with E-state index in [1.165, 1.54) is 35.4 Å². The number of carbonyl (C=O) groups is 2. The van der Waals surface area contributed by atoms with Gasteiger partial charge in [-0.1, -0.05) is 24.3 Å². The van der Waals surface area contributed by atoms with Gasteiger partial charge in [-0.25, -0.2) is 4.39 Å². The monoisotopic (exact) mass is 366 g/mol. The van der Waals surface area contributed by atoms with Crippen LogP contribution in [0.2, 0.25) is 0 Å².